The predicted molar refractivity (Wildman–Crippen MR) is 127 cm³/mol. The van der Waals surface area contributed by atoms with E-state index in [0.29, 0.717) is 30.3 Å². The Kier molecular flexibility index (Phi) is 8.16. The number of ether oxygens (including phenoxy) is 2. The number of nitriles is 1. The number of carbonyl (C=O) groups is 1. The van der Waals surface area contributed by atoms with E-state index in [1.807, 2.05) is 38.1 Å². The van der Waals surface area contributed by atoms with Gasteiger partial charge in [-0.25, -0.2) is 0 Å². The molecule has 0 radical (unpaired) electrons. The molecule has 0 aromatic heterocycles. The number of halogens is 3. The largest absolute Gasteiger partial charge is 0.490 e. The fourth-order valence-corrected chi connectivity index (χ4v) is 3.13. The van der Waals surface area contributed by atoms with Crippen LogP contribution >= 0.6 is 0 Å². The Balaban J connectivity index is 1.78. The zero-order chi connectivity index (χ0) is 25.4. The molecule has 0 heterocycles. The highest BCUT2D eigenvalue weighted by molar-refractivity contribution is 6.09. The van der Waals surface area contributed by atoms with Crippen LogP contribution in [-0.2, 0) is 17.6 Å². The summed E-state index contributed by atoms with van der Waals surface area (Å²) >= 11 is 0. The third-order valence-corrected chi connectivity index (χ3v) is 4.91. The maximum Gasteiger partial charge on any atom is 0.416 e. The second-order valence-electron chi connectivity index (χ2n) is 7.62. The van der Waals surface area contributed by atoms with Gasteiger partial charge in [0.1, 0.15) is 18.2 Å². The Morgan fingerprint density at radius 2 is 1.77 bits per heavy atom. The molecule has 0 saturated heterocycles. The minimum absolute atomic E-state index is 0.0687. The molecule has 0 atom stereocenters. The topological polar surface area (TPSA) is 71.3 Å². The Hall–Kier alpha value is -4.25. The molecule has 35 heavy (non-hydrogen) atoms. The number of anilines is 1. The highest BCUT2D eigenvalue weighted by Crippen LogP contribution is 2.32. The van der Waals surface area contributed by atoms with Crippen LogP contribution in [0, 0.1) is 18.3 Å². The Morgan fingerprint density at radius 1 is 1.03 bits per heavy atom. The van der Waals surface area contributed by atoms with Gasteiger partial charge >= 0.3 is 6.18 Å². The molecule has 1 N–H and O–H groups in total. The molecule has 180 valence electrons. The Labute approximate surface area is 201 Å². The third kappa shape index (κ3) is 7.11. The van der Waals surface area contributed by atoms with Crippen LogP contribution in [0.5, 0.6) is 11.5 Å². The van der Waals surface area contributed by atoms with E-state index in [0.717, 1.165) is 23.3 Å². The van der Waals surface area contributed by atoms with Crippen molar-refractivity contribution < 1.29 is 27.4 Å². The van der Waals surface area contributed by atoms with E-state index in [1.54, 1.807) is 24.3 Å². The summed E-state index contributed by atoms with van der Waals surface area (Å²) in [7, 11) is 0. The van der Waals surface area contributed by atoms with E-state index in [4.69, 9.17) is 9.47 Å². The molecule has 0 spiro atoms. The maximum absolute atomic E-state index is 12.9. The van der Waals surface area contributed by atoms with Crippen molar-refractivity contribution in [1.82, 2.24) is 0 Å². The monoisotopic (exact) mass is 480 g/mol. The van der Waals surface area contributed by atoms with Gasteiger partial charge in [-0.2, -0.15) is 18.4 Å². The van der Waals surface area contributed by atoms with Crippen LogP contribution in [0.2, 0.25) is 0 Å². The molecule has 0 aliphatic carbocycles. The number of amides is 1. The molecule has 0 fully saturated rings. The van der Waals surface area contributed by atoms with E-state index < -0.39 is 17.6 Å². The molecule has 5 nitrogen and oxygen atoms in total. The van der Waals surface area contributed by atoms with Crippen molar-refractivity contribution in [2.45, 2.75) is 26.6 Å². The summed E-state index contributed by atoms with van der Waals surface area (Å²) in [4.78, 5) is 12.5. The van der Waals surface area contributed by atoms with E-state index in [1.165, 1.54) is 18.2 Å². The molecule has 3 rings (SSSR count). The summed E-state index contributed by atoms with van der Waals surface area (Å²) in [5.41, 5.74) is 1.37. The van der Waals surface area contributed by atoms with Crippen molar-refractivity contribution in [3.63, 3.8) is 0 Å². The minimum atomic E-state index is -4.55. The van der Waals surface area contributed by atoms with Gasteiger partial charge in [-0.05, 0) is 61.4 Å². The zero-order valence-corrected chi connectivity index (χ0v) is 19.1. The quantitative estimate of drug-likeness (QED) is 0.294. The van der Waals surface area contributed by atoms with Gasteiger partial charge in [0.05, 0.1) is 12.2 Å². The van der Waals surface area contributed by atoms with Gasteiger partial charge in [-0.15, -0.1) is 0 Å². The van der Waals surface area contributed by atoms with E-state index >= 15 is 0 Å². The molecular formula is C27H23F3N2O3. The van der Waals surface area contributed by atoms with Crippen LogP contribution in [-0.4, -0.2) is 12.5 Å². The van der Waals surface area contributed by atoms with Crippen LogP contribution < -0.4 is 14.8 Å². The molecular weight excluding hydrogens is 457 g/mol. The van der Waals surface area contributed by atoms with Gasteiger partial charge in [-0.3, -0.25) is 4.79 Å². The van der Waals surface area contributed by atoms with Crippen molar-refractivity contribution in [2.75, 3.05) is 11.9 Å². The smallest absolute Gasteiger partial charge is 0.416 e. The fraction of sp³-hybridized carbons (Fsp3) is 0.185. The number of nitrogens with one attached hydrogen (secondary N) is 1. The number of nitrogens with zero attached hydrogens (tertiary/aromatic N) is 1. The number of benzene rings is 3. The second-order valence-corrected chi connectivity index (χ2v) is 7.62. The van der Waals surface area contributed by atoms with Crippen molar-refractivity contribution in [1.29, 1.82) is 5.26 Å². The molecule has 8 heteroatoms. The first-order chi connectivity index (χ1) is 16.7. The fourth-order valence-electron chi connectivity index (χ4n) is 3.13. The van der Waals surface area contributed by atoms with Crippen molar-refractivity contribution in [3.05, 3.63) is 94.6 Å². The molecule has 0 aliphatic heterocycles. The van der Waals surface area contributed by atoms with Gasteiger partial charge in [-0.1, -0.05) is 42.0 Å². The summed E-state index contributed by atoms with van der Waals surface area (Å²) in [6.07, 6.45) is -3.22. The van der Waals surface area contributed by atoms with Gasteiger partial charge in [0.2, 0.25) is 0 Å². The number of rotatable bonds is 8. The van der Waals surface area contributed by atoms with Crippen LogP contribution in [0.4, 0.5) is 18.9 Å². The van der Waals surface area contributed by atoms with Gasteiger partial charge in [0.15, 0.2) is 11.5 Å². The van der Waals surface area contributed by atoms with E-state index in [9.17, 15) is 23.2 Å². The first kappa shape index (κ1) is 25.4. The number of hydrogen-bond donors (Lipinski definition) is 1. The predicted octanol–water partition coefficient (Wildman–Crippen LogP) is 6.54. The van der Waals surface area contributed by atoms with Gasteiger partial charge < -0.3 is 14.8 Å². The van der Waals surface area contributed by atoms with Crippen LogP contribution in [0.1, 0.15) is 29.2 Å². The summed E-state index contributed by atoms with van der Waals surface area (Å²) in [6.45, 7) is 4.52. The summed E-state index contributed by atoms with van der Waals surface area (Å²) in [5.74, 6) is 0.102. The lowest BCUT2D eigenvalue weighted by atomic mass is 10.1. The van der Waals surface area contributed by atoms with E-state index in [2.05, 4.69) is 5.32 Å². The van der Waals surface area contributed by atoms with Crippen molar-refractivity contribution in [3.8, 4) is 17.6 Å². The van der Waals surface area contributed by atoms with Crippen LogP contribution in [0.3, 0.4) is 0 Å². The molecule has 0 aliphatic rings. The average Bonchev–Trinajstić information content (AvgIpc) is 2.83. The normalized spacial score (nSPS) is 11.5. The zero-order valence-electron chi connectivity index (χ0n) is 19.1. The van der Waals surface area contributed by atoms with E-state index in [-0.39, 0.29) is 11.3 Å². The maximum atomic E-state index is 12.9. The SMILES string of the molecule is CCOc1cc(/C=C(\C#N)C(=O)Nc2cccc(C(F)(F)F)c2)ccc1OCc1ccc(C)cc1. The highest BCUT2D eigenvalue weighted by atomic mass is 19.4. The molecule has 0 saturated carbocycles. The van der Waals surface area contributed by atoms with Crippen LogP contribution in [0.25, 0.3) is 6.08 Å². The van der Waals surface area contributed by atoms with Crippen LogP contribution in [0.15, 0.2) is 72.3 Å². The lowest BCUT2D eigenvalue weighted by molar-refractivity contribution is -0.137. The van der Waals surface area contributed by atoms with Gasteiger partial charge in [0.25, 0.3) is 5.91 Å². The number of alkyl halides is 3. The molecule has 1 amide bonds. The number of aryl methyl sites for hydroxylation is 1. The average molecular weight is 480 g/mol. The summed E-state index contributed by atoms with van der Waals surface area (Å²) in [5, 5.41) is 11.8. The lowest BCUT2D eigenvalue weighted by Crippen LogP contribution is -2.14. The summed E-state index contributed by atoms with van der Waals surface area (Å²) in [6, 6.07) is 18.9. The number of carbonyl (C=O) groups excluding carboxylic acids is 1. The molecule has 3 aromatic rings. The minimum Gasteiger partial charge on any atom is -0.490 e. The van der Waals surface area contributed by atoms with Crippen molar-refractivity contribution in [2.24, 2.45) is 0 Å². The summed E-state index contributed by atoms with van der Waals surface area (Å²) < 4.78 is 50.3. The Bertz CT molecular complexity index is 1260. The lowest BCUT2D eigenvalue weighted by Gasteiger charge is -2.13. The van der Waals surface area contributed by atoms with Gasteiger partial charge in [0, 0.05) is 5.69 Å². The molecule has 3 aromatic carbocycles. The third-order valence-electron chi connectivity index (χ3n) is 4.91. The second kappa shape index (κ2) is 11.3. The van der Waals surface area contributed by atoms with Crippen molar-refractivity contribution >= 4 is 17.7 Å². The molecule has 0 bridgehead atoms. The number of hydrogen-bond acceptors (Lipinski definition) is 4. The highest BCUT2D eigenvalue weighted by Gasteiger charge is 2.30. The Morgan fingerprint density at radius 3 is 2.43 bits per heavy atom. The first-order valence-electron chi connectivity index (χ1n) is 10.7. The standard InChI is InChI=1S/C27H23F3N2O3/c1-3-34-25-14-20(11-12-24(25)35-17-19-9-7-18(2)8-10-19)13-21(16-31)26(33)32-23-6-4-5-22(15-23)27(28,29)30/h4-15H,3,17H2,1-2H3,(H,32,33)/b21-13+. The molecule has 0 unspecified atom stereocenters. The first-order valence-corrected chi connectivity index (χ1v) is 10.7.